The molecule has 2 bridgehead atoms. The molecule has 3 rings (SSSR count). The zero-order valence-corrected chi connectivity index (χ0v) is 19.1. The molecule has 170 valence electrons. The monoisotopic (exact) mass is 422 g/mol. The molecule has 0 heterocycles. The van der Waals surface area contributed by atoms with Crippen LogP contribution in [0, 0.1) is 22.2 Å². The van der Waals surface area contributed by atoms with Crippen molar-refractivity contribution < 1.29 is 29.0 Å². The predicted molar refractivity (Wildman–Crippen MR) is 112 cm³/mol. The quantitative estimate of drug-likeness (QED) is 0.595. The number of hydrogen-bond donors (Lipinski definition) is 1. The van der Waals surface area contributed by atoms with Gasteiger partial charge in [-0.15, -0.1) is 0 Å². The maximum atomic E-state index is 13.7. The first kappa shape index (κ1) is 23.2. The molecule has 0 radical (unpaired) electrons. The predicted octanol–water partition coefficient (Wildman–Crippen LogP) is 3.97. The standard InChI is InChI=1S/C24H38O6/c1-21-13-8-16-24(28,17(21)9-5-11-19(26)29-3)23(15-7-12-20(27)30-4)18(25)10-6-14-22(21,23)2/h17,28H,5-16H2,1-4H3/t17-,21+,22-,23-,24+/m1/s1. The minimum absolute atomic E-state index is 0.0337. The molecule has 0 unspecified atom stereocenters. The molecule has 6 heteroatoms. The Balaban J connectivity index is 1.99. The smallest absolute Gasteiger partial charge is 0.305 e. The van der Waals surface area contributed by atoms with Gasteiger partial charge < -0.3 is 14.6 Å². The largest absolute Gasteiger partial charge is 0.469 e. The van der Waals surface area contributed by atoms with Crippen LogP contribution in [0.2, 0.25) is 0 Å². The van der Waals surface area contributed by atoms with Crippen LogP contribution < -0.4 is 0 Å². The van der Waals surface area contributed by atoms with E-state index >= 15 is 0 Å². The van der Waals surface area contributed by atoms with Crippen molar-refractivity contribution in [1.82, 2.24) is 0 Å². The van der Waals surface area contributed by atoms with Crippen molar-refractivity contribution >= 4 is 17.7 Å². The van der Waals surface area contributed by atoms with Gasteiger partial charge in [-0.3, -0.25) is 14.4 Å². The van der Waals surface area contributed by atoms with Crippen LogP contribution in [0.1, 0.15) is 90.9 Å². The van der Waals surface area contributed by atoms with Crippen molar-refractivity contribution in [3.8, 4) is 0 Å². The number of esters is 2. The molecule has 1 N–H and O–H groups in total. The zero-order chi connectivity index (χ0) is 22.2. The summed E-state index contributed by atoms with van der Waals surface area (Å²) in [4.78, 5) is 37.1. The summed E-state index contributed by atoms with van der Waals surface area (Å²) in [6.07, 6.45) is 7.81. The van der Waals surface area contributed by atoms with Crippen molar-refractivity contribution in [3.05, 3.63) is 0 Å². The van der Waals surface area contributed by atoms with Gasteiger partial charge in [0.25, 0.3) is 0 Å². The number of ketones is 1. The SMILES string of the molecule is COC(=O)CCC[C@@H]1[C@]2(C)CCC[C@@]1(O)[C@]1(CCCC(=O)OC)C(=O)CCC[C@@]12C. The van der Waals surface area contributed by atoms with E-state index < -0.39 is 11.0 Å². The van der Waals surface area contributed by atoms with Crippen LogP contribution in [-0.4, -0.2) is 42.6 Å². The molecule has 5 atom stereocenters. The molecule has 6 nitrogen and oxygen atoms in total. The average Bonchev–Trinajstić information content (AvgIpc) is 2.77. The van der Waals surface area contributed by atoms with Crippen molar-refractivity contribution in [2.24, 2.45) is 22.2 Å². The Kier molecular flexibility index (Phi) is 6.39. The van der Waals surface area contributed by atoms with Gasteiger partial charge >= 0.3 is 11.9 Å². The maximum absolute atomic E-state index is 13.7. The lowest BCUT2D eigenvalue weighted by Crippen LogP contribution is -2.59. The van der Waals surface area contributed by atoms with E-state index in [-0.39, 0.29) is 40.9 Å². The lowest BCUT2D eigenvalue weighted by molar-refractivity contribution is -0.173. The Labute approximate surface area is 180 Å². The fourth-order valence-corrected chi connectivity index (χ4v) is 7.94. The van der Waals surface area contributed by atoms with E-state index in [1.165, 1.54) is 14.2 Å². The highest BCUT2D eigenvalue weighted by atomic mass is 16.5. The van der Waals surface area contributed by atoms with E-state index in [1.54, 1.807) is 0 Å². The molecule has 0 aliphatic heterocycles. The number of carbonyl (C=O) groups is 3. The summed E-state index contributed by atoms with van der Waals surface area (Å²) in [6, 6.07) is 0. The van der Waals surface area contributed by atoms with Gasteiger partial charge in [0.1, 0.15) is 5.78 Å². The maximum Gasteiger partial charge on any atom is 0.305 e. The second kappa shape index (κ2) is 8.25. The van der Waals surface area contributed by atoms with E-state index in [2.05, 4.69) is 13.8 Å². The molecule has 0 aromatic carbocycles. The van der Waals surface area contributed by atoms with Crippen LogP contribution in [-0.2, 0) is 23.9 Å². The van der Waals surface area contributed by atoms with Gasteiger partial charge in [0, 0.05) is 19.3 Å². The fourth-order valence-electron chi connectivity index (χ4n) is 7.94. The number of fused-ring (bicyclic) bond motifs is 5. The molecule has 3 fully saturated rings. The normalized spacial score (nSPS) is 40.0. The van der Waals surface area contributed by atoms with Crippen LogP contribution in [0.15, 0.2) is 0 Å². The van der Waals surface area contributed by atoms with Gasteiger partial charge in [-0.25, -0.2) is 0 Å². The first-order valence-electron chi connectivity index (χ1n) is 11.5. The fraction of sp³-hybridized carbons (Fsp3) is 0.875. The summed E-state index contributed by atoms with van der Waals surface area (Å²) in [5.74, 6) is -0.367. The van der Waals surface area contributed by atoms with Crippen molar-refractivity contribution in [1.29, 1.82) is 0 Å². The number of ether oxygens (including phenoxy) is 2. The Hall–Kier alpha value is -1.43. The van der Waals surface area contributed by atoms with Crippen LogP contribution in [0.3, 0.4) is 0 Å². The summed E-state index contributed by atoms with van der Waals surface area (Å²) in [5.41, 5.74) is -2.39. The van der Waals surface area contributed by atoms with E-state index in [0.29, 0.717) is 44.9 Å². The van der Waals surface area contributed by atoms with Crippen LogP contribution in [0.5, 0.6) is 0 Å². The minimum atomic E-state index is -1.08. The van der Waals surface area contributed by atoms with E-state index in [4.69, 9.17) is 9.47 Å². The third kappa shape index (κ3) is 3.04. The average molecular weight is 423 g/mol. The molecule has 0 saturated heterocycles. The van der Waals surface area contributed by atoms with Gasteiger partial charge in [0.05, 0.1) is 25.2 Å². The third-order valence-corrected chi connectivity index (χ3v) is 9.36. The molecule has 0 amide bonds. The third-order valence-electron chi connectivity index (χ3n) is 9.36. The summed E-state index contributed by atoms with van der Waals surface area (Å²) in [5, 5.41) is 12.3. The summed E-state index contributed by atoms with van der Waals surface area (Å²) >= 11 is 0. The van der Waals surface area contributed by atoms with Gasteiger partial charge in [-0.1, -0.05) is 13.8 Å². The topological polar surface area (TPSA) is 89.9 Å². The second-order valence-corrected chi connectivity index (χ2v) is 10.2. The second-order valence-electron chi connectivity index (χ2n) is 10.2. The Morgan fingerprint density at radius 1 is 1.00 bits per heavy atom. The number of carbonyl (C=O) groups excluding carboxylic acids is 3. The zero-order valence-electron chi connectivity index (χ0n) is 19.1. The molecule has 0 aromatic rings. The van der Waals surface area contributed by atoms with E-state index in [0.717, 1.165) is 25.7 Å². The van der Waals surface area contributed by atoms with Gasteiger partial charge in [-0.05, 0) is 74.5 Å². The van der Waals surface area contributed by atoms with Crippen LogP contribution in [0.25, 0.3) is 0 Å². The van der Waals surface area contributed by atoms with Crippen LogP contribution in [0.4, 0.5) is 0 Å². The Morgan fingerprint density at radius 2 is 1.63 bits per heavy atom. The molecule has 3 aliphatic carbocycles. The molecule has 0 aromatic heterocycles. The highest BCUT2D eigenvalue weighted by molar-refractivity contribution is 5.89. The molecule has 0 spiro atoms. The molecule has 30 heavy (non-hydrogen) atoms. The van der Waals surface area contributed by atoms with Gasteiger partial charge in [0.2, 0.25) is 0 Å². The highest BCUT2D eigenvalue weighted by Crippen LogP contribution is 2.79. The van der Waals surface area contributed by atoms with E-state index in [1.807, 2.05) is 0 Å². The molecular weight excluding hydrogens is 384 g/mol. The molecule has 3 aliphatic rings. The van der Waals surface area contributed by atoms with Gasteiger partial charge in [0.15, 0.2) is 0 Å². The molecular formula is C24H38O6. The van der Waals surface area contributed by atoms with Crippen molar-refractivity contribution in [3.63, 3.8) is 0 Å². The van der Waals surface area contributed by atoms with E-state index in [9.17, 15) is 19.5 Å². The Bertz CT molecular complexity index is 704. The molecule has 3 saturated carbocycles. The number of hydrogen-bond acceptors (Lipinski definition) is 6. The highest BCUT2D eigenvalue weighted by Gasteiger charge is 2.80. The number of rotatable bonds is 8. The number of aliphatic hydroxyl groups is 1. The summed E-state index contributed by atoms with van der Waals surface area (Å²) < 4.78 is 9.61. The first-order valence-corrected chi connectivity index (χ1v) is 11.5. The lowest BCUT2D eigenvalue weighted by atomic mass is 9.48. The van der Waals surface area contributed by atoms with Crippen molar-refractivity contribution in [2.75, 3.05) is 14.2 Å². The van der Waals surface area contributed by atoms with Gasteiger partial charge in [-0.2, -0.15) is 0 Å². The Morgan fingerprint density at radius 3 is 2.27 bits per heavy atom. The lowest BCUT2D eigenvalue weighted by Gasteiger charge is -2.54. The number of methoxy groups -OCH3 is 2. The summed E-state index contributed by atoms with van der Waals surface area (Å²) in [6.45, 7) is 4.49. The summed E-state index contributed by atoms with van der Waals surface area (Å²) in [7, 11) is 2.77. The number of Topliss-reactive ketones (excluding diaryl/α,β-unsaturated/α-hetero) is 1. The first-order chi connectivity index (χ1) is 14.1. The van der Waals surface area contributed by atoms with Crippen molar-refractivity contribution in [2.45, 2.75) is 96.5 Å². The van der Waals surface area contributed by atoms with Crippen LogP contribution >= 0.6 is 0 Å². The minimum Gasteiger partial charge on any atom is -0.469 e.